The molecule has 0 spiro atoms. The molecular weight excluding hydrogens is 398 g/mol. The molecule has 1 amide bonds. The lowest BCUT2D eigenvalue weighted by Crippen LogP contribution is -2.23. The molecule has 0 aliphatic carbocycles. The molecule has 1 unspecified atom stereocenters. The van der Waals surface area contributed by atoms with Crippen LogP contribution in [0, 0.1) is 13.8 Å². The Morgan fingerprint density at radius 1 is 1.10 bits per heavy atom. The lowest BCUT2D eigenvalue weighted by Gasteiger charge is -2.17. The number of hydrogen-bond acceptors (Lipinski definition) is 4. The van der Waals surface area contributed by atoms with Crippen molar-refractivity contribution in [1.29, 1.82) is 0 Å². The quantitative estimate of drug-likeness (QED) is 0.671. The third kappa shape index (κ3) is 3.77. The largest absolute Gasteiger partial charge is 0.310 e. The van der Waals surface area contributed by atoms with E-state index in [-0.39, 0.29) is 23.3 Å². The Balaban J connectivity index is 1.76. The van der Waals surface area contributed by atoms with Gasteiger partial charge in [0.1, 0.15) is 5.82 Å². The number of benzene rings is 2. The second kappa shape index (κ2) is 7.72. The molecule has 156 valence electrons. The number of carbonyl (C=O) groups excluding carboxylic acids is 1. The van der Waals surface area contributed by atoms with Crippen LogP contribution in [0.4, 0.5) is 5.82 Å². The number of aryl methyl sites for hydroxylation is 2. The molecule has 3 aromatic rings. The average Bonchev–Trinajstić information content (AvgIpc) is 3.18. The molecule has 0 bridgehead atoms. The van der Waals surface area contributed by atoms with Crippen molar-refractivity contribution in [2.24, 2.45) is 0 Å². The second-order valence-corrected chi connectivity index (χ2v) is 9.91. The van der Waals surface area contributed by atoms with Crippen molar-refractivity contribution < 1.29 is 13.2 Å². The van der Waals surface area contributed by atoms with E-state index in [9.17, 15) is 13.2 Å². The highest BCUT2D eigenvalue weighted by molar-refractivity contribution is 7.90. The predicted octanol–water partition coefficient (Wildman–Crippen LogP) is 4.05. The van der Waals surface area contributed by atoms with Crippen LogP contribution >= 0.6 is 0 Å². The summed E-state index contributed by atoms with van der Waals surface area (Å²) in [4.78, 5) is 13.2. The Hall–Kier alpha value is -2.93. The van der Waals surface area contributed by atoms with Gasteiger partial charge in [-0.2, -0.15) is 5.10 Å². The smallest absolute Gasteiger partial charge is 0.233 e. The molecule has 4 rings (SSSR count). The van der Waals surface area contributed by atoms with Gasteiger partial charge in [0, 0.05) is 5.56 Å². The lowest BCUT2D eigenvalue weighted by atomic mass is 9.95. The first-order chi connectivity index (χ1) is 14.3. The summed E-state index contributed by atoms with van der Waals surface area (Å²) in [5.41, 5.74) is 5.08. The Morgan fingerprint density at radius 2 is 1.83 bits per heavy atom. The van der Waals surface area contributed by atoms with Crippen LogP contribution in [0.15, 0.2) is 48.5 Å². The van der Waals surface area contributed by atoms with Crippen molar-refractivity contribution in [3.8, 4) is 5.69 Å². The van der Waals surface area contributed by atoms with Gasteiger partial charge in [0.25, 0.3) is 0 Å². The van der Waals surface area contributed by atoms with Gasteiger partial charge in [-0.15, -0.1) is 0 Å². The van der Waals surface area contributed by atoms with E-state index in [4.69, 9.17) is 0 Å². The summed E-state index contributed by atoms with van der Waals surface area (Å²) >= 11 is 0. The minimum absolute atomic E-state index is 0.0983. The maximum absolute atomic E-state index is 13.2. The van der Waals surface area contributed by atoms with Crippen LogP contribution in [0.3, 0.4) is 0 Å². The average molecular weight is 424 g/mol. The number of anilines is 1. The minimum atomic E-state index is -3.24. The van der Waals surface area contributed by atoms with Crippen LogP contribution in [0.25, 0.3) is 5.69 Å². The van der Waals surface area contributed by atoms with Crippen LogP contribution in [-0.2, 0) is 26.1 Å². The van der Waals surface area contributed by atoms with E-state index in [1.54, 1.807) is 4.68 Å². The Bertz CT molecular complexity index is 1210. The molecule has 0 radical (unpaired) electrons. The van der Waals surface area contributed by atoms with Gasteiger partial charge in [0.2, 0.25) is 5.91 Å². The second-order valence-electron chi connectivity index (χ2n) is 7.85. The van der Waals surface area contributed by atoms with Crippen LogP contribution in [0.2, 0.25) is 0 Å². The first-order valence-corrected chi connectivity index (χ1v) is 11.9. The third-order valence-electron chi connectivity index (χ3n) is 5.69. The molecule has 2 aromatic carbocycles. The summed E-state index contributed by atoms with van der Waals surface area (Å²) in [5.74, 6) is -0.249. The molecule has 2 heterocycles. The summed E-state index contributed by atoms with van der Waals surface area (Å²) in [6.07, 6.45) is 0.633. The zero-order valence-electron chi connectivity index (χ0n) is 17.3. The first kappa shape index (κ1) is 20.3. The van der Waals surface area contributed by atoms with E-state index in [1.807, 2.05) is 69.3 Å². The van der Waals surface area contributed by atoms with Gasteiger partial charge in [-0.05, 0) is 49.1 Å². The molecule has 1 aliphatic rings. The summed E-state index contributed by atoms with van der Waals surface area (Å²) in [6, 6.07) is 15.5. The van der Waals surface area contributed by atoms with Crippen molar-refractivity contribution in [3.63, 3.8) is 0 Å². The number of carbonyl (C=O) groups is 1. The van der Waals surface area contributed by atoms with E-state index in [1.165, 1.54) is 0 Å². The van der Waals surface area contributed by atoms with Gasteiger partial charge in [0.05, 0.1) is 28.8 Å². The highest BCUT2D eigenvalue weighted by atomic mass is 32.2. The normalized spacial score (nSPS) is 15.6. The number of nitrogens with zero attached hydrogens (tertiary/aromatic N) is 2. The molecule has 1 atom stereocenters. The van der Waals surface area contributed by atoms with Crippen molar-refractivity contribution in [3.05, 3.63) is 76.5 Å². The minimum Gasteiger partial charge on any atom is -0.310 e. The van der Waals surface area contributed by atoms with Crippen LogP contribution < -0.4 is 5.32 Å². The number of rotatable bonds is 5. The maximum Gasteiger partial charge on any atom is 0.233 e. The number of nitrogens with one attached hydrogen (secondary N) is 1. The van der Waals surface area contributed by atoms with Crippen LogP contribution in [0.5, 0.6) is 0 Å². The van der Waals surface area contributed by atoms with Crippen molar-refractivity contribution in [1.82, 2.24) is 9.78 Å². The molecule has 1 aliphatic heterocycles. The summed E-state index contributed by atoms with van der Waals surface area (Å²) in [7, 11) is -3.24. The molecule has 0 saturated carbocycles. The summed E-state index contributed by atoms with van der Waals surface area (Å²) < 4.78 is 26.0. The van der Waals surface area contributed by atoms with Crippen LogP contribution in [-0.4, -0.2) is 24.1 Å². The monoisotopic (exact) mass is 423 g/mol. The standard InChI is InChI=1S/C23H25N3O3S/c1-4-19(17-8-6-5-7-9-17)23(27)24-22-20-13-30(28,29)14-21(20)25-26(22)18-11-10-15(2)16(3)12-18/h5-12,19H,4,13-14H2,1-3H3,(H,24,27). The fourth-order valence-electron chi connectivity index (χ4n) is 3.88. The number of amides is 1. The zero-order chi connectivity index (χ0) is 21.5. The Morgan fingerprint density at radius 3 is 2.50 bits per heavy atom. The van der Waals surface area contributed by atoms with E-state index < -0.39 is 9.84 Å². The Kier molecular flexibility index (Phi) is 5.24. The highest BCUT2D eigenvalue weighted by Gasteiger charge is 2.34. The van der Waals surface area contributed by atoms with Crippen molar-refractivity contribution in [2.45, 2.75) is 44.6 Å². The number of hydrogen-bond donors (Lipinski definition) is 1. The lowest BCUT2D eigenvalue weighted by molar-refractivity contribution is -0.117. The van der Waals surface area contributed by atoms with Crippen LogP contribution in [0.1, 0.15) is 47.2 Å². The summed E-state index contributed by atoms with van der Waals surface area (Å²) in [5, 5.41) is 7.57. The van der Waals surface area contributed by atoms with E-state index >= 15 is 0 Å². The highest BCUT2D eigenvalue weighted by Crippen LogP contribution is 2.34. The van der Waals surface area contributed by atoms with Gasteiger partial charge >= 0.3 is 0 Å². The van der Waals surface area contributed by atoms with Gasteiger partial charge in [-0.3, -0.25) is 4.79 Å². The van der Waals surface area contributed by atoms with Crippen molar-refractivity contribution >= 4 is 21.6 Å². The maximum atomic E-state index is 13.2. The summed E-state index contributed by atoms with van der Waals surface area (Å²) in [6.45, 7) is 6.01. The third-order valence-corrected chi connectivity index (χ3v) is 7.13. The van der Waals surface area contributed by atoms with Gasteiger partial charge in [0.15, 0.2) is 9.84 Å². The molecule has 7 heteroatoms. The van der Waals surface area contributed by atoms with E-state index in [0.717, 1.165) is 22.4 Å². The molecular formula is C23H25N3O3S. The number of sulfone groups is 1. The first-order valence-electron chi connectivity index (χ1n) is 10.0. The molecule has 30 heavy (non-hydrogen) atoms. The van der Waals surface area contributed by atoms with Crippen molar-refractivity contribution in [2.75, 3.05) is 5.32 Å². The number of aromatic nitrogens is 2. The fraction of sp³-hybridized carbons (Fsp3) is 0.304. The molecule has 0 saturated heterocycles. The van der Waals surface area contributed by atoms with E-state index in [0.29, 0.717) is 23.5 Å². The van der Waals surface area contributed by atoms with E-state index in [2.05, 4.69) is 10.4 Å². The SMILES string of the molecule is CCC(C(=O)Nc1c2c(nn1-c1ccc(C)c(C)c1)CS(=O)(=O)C2)c1ccccc1. The Labute approximate surface area is 176 Å². The van der Waals surface area contributed by atoms with Gasteiger partial charge in [-0.25, -0.2) is 13.1 Å². The molecule has 6 nitrogen and oxygen atoms in total. The molecule has 1 N–H and O–H groups in total. The topological polar surface area (TPSA) is 81.1 Å². The molecule has 1 aromatic heterocycles. The fourth-order valence-corrected chi connectivity index (χ4v) is 5.37. The van der Waals surface area contributed by atoms with Gasteiger partial charge in [-0.1, -0.05) is 43.3 Å². The van der Waals surface area contributed by atoms with Gasteiger partial charge < -0.3 is 5.32 Å². The zero-order valence-corrected chi connectivity index (χ0v) is 18.2. The molecule has 0 fully saturated rings. The predicted molar refractivity (Wildman–Crippen MR) is 117 cm³/mol. The number of fused-ring (bicyclic) bond motifs is 1.